The van der Waals surface area contributed by atoms with Crippen molar-refractivity contribution < 1.29 is 18.8 Å². The Balaban J connectivity index is 3.08. The summed E-state index contributed by atoms with van der Waals surface area (Å²) in [6, 6.07) is 0. The van der Waals surface area contributed by atoms with Gasteiger partial charge in [-0.25, -0.2) is 0 Å². The van der Waals surface area contributed by atoms with E-state index in [-0.39, 0.29) is 5.75 Å². The van der Waals surface area contributed by atoms with Crippen LogP contribution in [0.2, 0.25) is 0 Å². The number of hydrogen-bond acceptors (Lipinski definition) is 4. The molecule has 106 valence electrons. The van der Waals surface area contributed by atoms with Gasteiger partial charge in [-0.15, -0.1) is 0 Å². The molecule has 0 spiro atoms. The van der Waals surface area contributed by atoms with Gasteiger partial charge in [-0.3, -0.25) is 14.0 Å². The molecule has 0 bridgehead atoms. The lowest BCUT2D eigenvalue weighted by atomic mass is 10.1. The molecular weight excluding hydrogens is 266 g/mol. The zero-order valence-corrected chi connectivity index (χ0v) is 12.6. The molecule has 1 atom stereocenters. The average molecular weight is 285 g/mol. The molecule has 1 aromatic rings. The number of rotatable bonds is 5. The molecule has 0 aliphatic rings. The Bertz CT molecular complexity index is 526. The maximum absolute atomic E-state index is 12.2. The topological polar surface area (TPSA) is 76.5 Å². The number of carbonyl (C=O) groups is 1. The van der Waals surface area contributed by atoms with Gasteiger partial charge in [-0.1, -0.05) is 0 Å². The highest BCUT2D eigenvalue weighted by molar-refractivity contribution is 7.86. The summed E-state index contributed by atoms with van der Waals surface area (Å²) in [5.41, 5.74) is 2.30. The second-order valence-electron chi connectivity index (χ2n) is 4.85. The van der Waals surface area contributed by atoms with E-state index >= 15 is 0 Å². The lowest BCUT2D eigenvalue weighted by molar-refractivity contribution is -0.139. The second kappa shape index (κ2) is 5.69. The third kappa shape index (κ3) is 3.12. The summed E-state index contributed by atoms with van der Waals surface area (Å²) < 4.78 is 16.1. The molecule has 1 aromatic heterocycles. The number of aromatic nitrogens is 1. The SMILES string of the molecule is COc1c(C)cnc(CS(=O)C(C)(C)C(=O)O)c1C. The van der Waals surface area contributed by atoms with Crippen molar-refractivity contribution in [3.8, 4) is 5.75 Å². The first-order valence-corrected chi connectivity index (χ1v) is 7.14. The largest absolute Gasteiger partial charge is 0.496 e. The number of carboxylic acids is 1. The van der Waals surface area contributed by atoms with Crippen molar-refractivity contribution in [1.82, 2.24) is 4.98 Å². The van der Waals surface area contributed by atoms with Gasteiger partial charge in [0.2, 0.25) is 0 Å². The fourth-order valence-electron chi connectivity index (χ4n) is 1.62. The standard InChI is InChI=1S/C13H19NO4S/c1-8-6-14-10(9(2)11(8)18-5)7-19(17)13(3,4)12(15)16/h6H,7H2,1-5H3,(H,15,16). The molecule has 0 saturated heterocycles. The number of aliphatic carboxylic acids is 1. The van der Waals surface area contributed by atoms with Gasteiger partial charge in [0.05, 0.1) is 18.6 Å². The van der Waals surface area contributed by atoms with E-state index in [1.54, 1.807) is 13.3 Å². The van der Waals surface area contributed by atoms with Crippen LogP contribution in [0.3, 0.4) is 0 Å². The lowest BCUT2D eigenvalue weighted by Gasteiger charge is -2.19. The van der Waals surface area contributed by atoms with Gasteiger partial charge in [0, 0.05) is 28.1 Å². The van der Waals surface area contributed by atoms with Gasteiger partial charge < -0.3 is 9.84 Å². The van der Waals surface area contributed by atoms with Crippen molar-refractivity contribution in [2.45, 2.75) is 38.2 Å². The second-order valence-corrected chi connectivity index (χ2v) is 6.85. The molecule has 0 fully saturated rings. The Morgan fingerprint density at radius 1 is 1.47 bits per heavy atom. The van der Waals surface area contributed by atoms with Gasteiger partial charge in [-0.2, -0.15) is 0 Å². The number of nitrogens with zero attached hydrogens (tertiary/aromatic N) is 1. The van der Waals surface area contributed by atoms with Gasteiger partial charge >= 0.3 is 5.97 Å². The van der Waals surface area contributed by atoms with Crippen LogP contribution in [-0.2, 0) is 21.3 Å². The first-order chi connectivity index (χ1) is 8.71. The van der Waals surface area contributed by atoms with Crippen LogP contribution in [-0.4, -0.2) is 32.1 Å². The zero-order chi connectivity index (χ0) is 14.8. The van der Waals surface area contributed by atoms with E-state index in [0.29, 0.717) is 11.4 Å². The van der Waals surface area contributed by atoms with Crippen LogP contribution in [0.15, 0.2) is 6.20 Å². The minimum atomic E-state index is -1.56. The monoisotopic (exact) mass is 285 g/mol. The van der Waals surface area contributed by atoms with E-state index in [2.05, 4.69) is 4.98 Å². The fourth-order valence-corrected chi connectivity index (χ4v) is 2.71. The van der Waals surface area contributed by atoms with Crippen LogP contribution in [0.25, 0.3) is 0 Å². The molecule has 19 heavy (non-hydrogen) atoms. The van der Waals surface area contributed by atoms with E-state index in [9.17, 15) is 9.00 Å². The first kappa shape index (κ1) is 15.6. The molecular formula is C13H19NO4S. The molecule has 1 rings (SSSR count). The van der Waals surface area contributed by atoms with Crippen LogP contribution in [0.5, 0.6) is 5.75 Å². The fraction of sp³-hybridized carbons (Fsp3) is 0.538. The quantitative estimate of drug-likeness (QED) is 0.893. The number of methoxy groups -OCH3 is 1. The zero-order valence-electron chi connectivity index (χ0n) is 11.8. The minimum absolute atomic E-state index is 0.0990. The number of hydrogen-bond donors (Lipinski definition) is 1. The van der Waals surface area contributed by atoms with E-state index in [1.165, 1.54) is 13.8 Å². The molecule has 0 amide bonds. The number of carboxylic acid groups (broad SMARTS) is 1. The molecule has 0 saturated carbocycles. The van der Waals surface area contributed by atoms with Gasteiger partial charge in [0.15, 0.2) is 0 Å². The van der Waals surface area contributed by atoms with E-state index in [0.717, 1.165) is 11.1 Å². The van der Waals surface area contributed by atoms with Gasteiger partial charge in [-0.05, 0) is 27.7 Å². The summed E-state index contributed by atoms with van der Waals surface area (Å²) in [6.07, 6.45) is 1.64. The molecule has 0 radical (unpaired) electrons. The lowest BCUT2D eigenvalue weighted by Crippen LogP contribution is -2.37. The van der Waals surface area contributed by atoms with Crippen LogP contribution in [0.4, 0.5) is 0 Å². The average Bonchev–Trinajstić information content (AvgIpc) is 2.33. The molecule has 0 aliphatic carbocycles. The van der Waals surface area contributed by atoms with Crippen LogP contribution >= 0.6 is 0 Å². The third-order valence-corrected chi connectivity index (χ3v) is 4.95. The predicted octanol–water partition coefficient (Wildman–Crippen LogP) is 1.82. The Morgan fingerprint density at radius 2 is 2.05 bits per heavy atom. The third-order valence-electron chi connectivity index (χ3n) is 3.10. The summed E-state index contributed by atoms with van der Waals surface area (Å²) >= 11 is 0. The van der Waals surface area contributed by atoms with E-state index in [1.807, 2.05) is 13.8 Å². The smallest absolute Gasteiger partial charge is 0.321 e. The van der Waals surface area contributed by atoms with E-state index in [4.69, 9.17) is 9.84 Å². The maximum atomic E-state index is 12.2. The van der Waals surface area contributed by atoms with E-state index < -0.39 is 21.5 Å². The molecule has 1 unspecified atom stereocenters. The summed E-state index contributed by atoms with van der Waals surface area (Å²) in [6.45, 7) is 6.61. The number of aryl methyl sites for hydroxylation is 1. The minimum Gasteiger partial charge on any atom is -0.496 e. The van der Waals surface area contributed by atoms with Gasteiger partial charge in [0.1, 0.15) is 10.5 Å². The molecule has 0 aliphatic heterocycles. The molecule has 1 heterocycles. The molecule has 1 N–H and O–H groups in total. The Kier molecular flexibility index (Phi) is 4.68. The van der Waals surface area contributed by atoms with Crippen molar-refractivity contribution in [3.05, 3.63) is 23.0 Å². The van der Waals surface area contributed by atoms with Gasteiger partial charge in [0.25, 0.3) is 0 Å². The molecule has 5 nitrogen and oxygen atoms in total. The highest BCUT2D eigenvalue weighted by Gasteiger charge is 2.35. The van der Waals surface area contributed by atoms with Crippen LogP contribution < -0.4 is 4.74 Å². The van der Waals surface area contributed by atoms with Crippen molar-refractivity contribution >= 4 is 16.8 Å². The van der Waals surface area contributed by atoms with Crippen molar-refractivity contribution in [2.24, 2.45) is 0 Å². The van der Waals surface area contributed by atoms with Crippen molar-refractivity contribution in [3.63, 3.8) is 0 Å². The molecule has 6 heteroatoms. The van der Waals surface area contributed by atoms with Crippen LogP contribution in [0, 0.1) is 13.8 Å². The molecule has 0 aromatic carbocycles. The summed E-state index contributed by atoms with van der Waals surface area (Å²) in [5, 5.41) is 9.07. The Hall–Kier alpha value is -1.43. The summed E-state index contributed by atoms with van der Waals surface area (Å²) in [5.74, 6) is -0.278. The highest BCUT2D eigenvalue weighted by Crippen LogP contribution is 2.26. The first-order valence-electron chi connectivity index (χ1n) is 5.82. The maximum Gasteiger partial charge on any atom is 0.321 e. The normalized spacial score (nSPS) is 13.1. The Morgan fingerprint density at radius 3 is 2.53 bits per heavy atom. The van der Waals surface area contributed by atoms with Crippen LogP contribution in [0.1, 0.15) is 30.7 Å². The number of pyridine rings is 1. The number of ether oxygens (including phenoxy) is 1. The predicted molar refractivity (Wildman–Crippen MR) is 73.8 cm³/mol. The Labute approximate surface area is 115 Å². The summed E-state index contributed by atoms with van der Waals surface area (Å²) in [4.78, 5) is 15.3. The highest BCUT2D eigenvalue weighted by atomic mass is 32.2. The summed E-state index contributed by atoms with van der Waals surface area (Å²) in [7, 11) is 0.0105. The van der Waals surface area contributed by atoms with Crippen molar-refractivity contribution in [2.75, 3.05) is 7.11 Å². The van der Waals surface area contributed by atoms with Crippen molar-refractivity contribution in [1.29, 1.82) is 0 Å².